The molecule has 8 heteroatoms. The predicted molar refractivity (Wildman–Crippen MR) is 131 cm³/mol. The topological polar surface area (TPSA) is 119 Å². The Morgan fingerprint density at radius 3 is 2.67 bits per heavy atom. The summed E-state index contributed by atoms with van der Waals surface area (Å²) in [7, 11) is 2.05. The molecule has 33 heavy (non-hydrogen) atoms. The van der Waals surface area contributed by atoms with Crippen LogP contribution < -0.4 is 26.4 Å². The standard InChI is InChI=1S/C25H36N6O2/c1-15(32)28-11-12-31(4)23-19-13-25(2,3)21-22(29-14-30-24(21)27)18(19)9-10-20(23)33-17-7-5-16(26)6-8-17/h9-10,14,16-17H,5-8,11-13,26H2,1-4H3,(H,28,32)(H2,27,29,30)/t16-,17-. The fourth-order valence-electron chi connectivity index (χ4n) is 5.23. The Morgan fingerprint density at radius 1 is 1.24 bits per heavy atom. The van der Waals surface area contributed by atoms with E-state index in [4.69, 9.17) is 16.2 Å². The number of fused-ring (bicyclic) bond motifs is 3. The molecule has 1 heterocycles. The zero-order valence-corrected chi connectivity index (χ0v) is 20.1. The van der Waals surface area contributed by atoms with Crippen molar-refractivity contribution in [1.82, 2.24) is 15.3 Å². The van der Waals surface area contributed by atoms with Gasteiger partial charge in [0, 0.05) is 44.2 Å². The molecule has 0 saturated heterocycles. The van der Waals surface area contributed by atoms with Gasteiger partial charge in [-0.3, -0.25) is 4.79 Å². The monoisotopic (exact) mass is 452 g/mol. The van der Waals surface area contributed by atoms with Crippen LogP contribution in [0.2, 0.25) is 0 Å². The number of anilines is 2. The average molecular weight is 453 g/mol. The molecule has 0 unspecified atom stereocenters. The second kappa shape index (κ2) is 9.17. The number of carbonyl (C=O) groups excluding carboxylic acids is 1. The third-order valence-electron chi connectivity index (χ3n) is 6.89. The van der Waals surface area contributed by atoms with E-state index in [2.05, 4.69) is 53.2 Å². The van der Waals surface area contributed by atoms with Gasteiger partial charge in [0.1, 0.15) is 17.9 Å². The van der Waals surface area contributed by atoms with Gasteiger partial charge in [-0.25, -0.2) is 9.97 Å². The highest BCUT2D eigenvalue weighted by molar-refractivity contribution is 5.83. The fraction of sp³-hybridized carbons (Fsp3) is 0.560. The van der Waals surface area contributed by atoms with E-state index in [9.17, 15) is 4.79 Å². The summed E-state index contributed by atoms with van der Waals surface area (Å²) in [6.07, 6.45) is 6.39. The number of nitrogens with one attached hydrogen (secondary N) is 1. The van der Waals surface area contributed by atoms with Crippen molar-refractivity contribution in [2.24, 2.45) is 5.73 Å². The van der Waals surface area contributed by atoms with Gasteiger partial charge in [0.2, 0.25) is 5.91 Å². The smallest absolute Gasteiger partial charge is 0.216 e. The maximum Gasteiger partial charge on any atom is 0.216 e. The molecule has 2 aliphatic carbocycles. The summed E-state index contributed by atoms with van der Waals surface area (Å²) in [6.45, 7) is 7.14. The highest BCUT2D eigenvalue weighted by atomic mass is 16.5. The van der Waals surface area contributed by atoms with E-state index in [1.807, 2.05) is 0 Å². The van der Waals surface area contributed by atoms with Crippen molar-refractivity contribution in [1.29, 1.82) is 0 Å². The molecular weight excluding hydrogens is 416 g/mol. The number of amides is 1. The average Bonchev–Trinajstić information content (AvgIpc) is 2.74. The molecule has 0 atom stereocenters. The number of likely N-dealkylation sites (N-methyl/N-ethyl adjacent to an activating group) is 1. The van der Waals surface area contributed by atoms with Crippen LogP contribution in [0.1, 0.15) is 57.6 Å². The van der Waals surface area contributed by atoms with E-state index in [0.717, 1.165) is 60.4 Å². The predicted octanol–water partition coefficient (Wildman–Crippen LogP) is 2.78. The summed E-state index contributed by atoms with van der Waals surface area (Å²) in [5.41, 5.74) is 17.4. The summed E-state index contributed by atoms with van der Waals surface area (Å²) < 4.78 is 6.59. The maximum atomic E-state index is 11.4. The Morgan fingerprint density at radius 2 is 1.97 bits per heavy atom. The quantitative estimate of drug-likeness (QED) is 0.616. The molecule has 0 bridgehead atoms. The zero-order chi connectivity index (χ0) is 23.8. The Kier molecular flexibility index (Phi) is 6.47. The van der Waals surface area contributed by atoms with E-state index in [1.165, 1.54) is 18.8 Å². The van der Waals surface area contributed by atoms with Crippen molar-refractivity contribution in [2.75, 3.05) is 30.8 Å². The van der Waals surface area contributed by atoms with E-state index < -0.39 is 0 Å². The number of carbonyl (C=O) groups is 1. The van der Waals surface area contributed by atoms with Gasteiger partial charge in [0.15, 0.2) is 0 Å². The number of hydrogen-bond donors (Lipinski definition) is 3. The number of nitrogen functional groups attached to an aromatic ring is 1. The second-order valence-corrected chi connectivity index (χ2v) is 10.0. The Bertz CT molecular complexity index is 1030. The minimum Gasteiger partial charge on any atom is -0.488 e. The fourth-order valence-corrected chi connectivity index (χ4v) is 5.23. The number of ether oxygens (including phenoxy) is 1. The highest BCUT2D eigenvalue weighted by Crippen LogP contribution is 2.49. The van der Waals surface area contributed by atoms with Crippen molar-refractivity contribution in [3.8, 4) is 17.0 Å². The molecule has 2 aliphatic rings. The van der Waals surface area contributed by atoms with Crippen molar-refractivity contribution < 1.29 is 9.53 Å². The lowest BCUT2D eigenvalue weighted by Gasteiger charge is -2.37. The third kappa shape index (κ3) is 4.76. The minimum atomic E-state index is -0.225. The van der Waals surface area contributed by atoms with Gasteiger partial charge in [0.05, 0.1) is 17.5 Å². The van der Waals surface area contributed by atoms with Crippen LogP contribution in [-0.4, -0.2) is 48.2 Å². The Labute approximate surface area is 196 Å². The van der Waals surface area contributed by atoms with Crippen molar-refractivity contribution in [2.45, 2.75) is 70.4 Å². The van der Waals surface area contributed by atoms with Crippen LogP contribution in [0.4, 0.5) is 11.5 Å². The molecule has 1 aromatic heterocycles. The van der Waals surface area contributed by atoms with Gasteiger partial charge in [-0.1, -0.05) is 13.8 Å². The van der Waals surface area contributed by atoms with E-state index >= 15 is 0 Å². The molecule has 4 rings (SSSR count). The van der Waals surface area contributed by atoms with Gasteiger partial charge in [0.25, 0.3) is 0 Å². The summed E-state index contributed by atoms with van der Waals surface area (Å²) in [4.78, 5) is 22.5. The number of hydrogen-bond acceptors (Lipinski definition) is 7. The van der Waals surface area contributed by atoms with Crippen LogP contribution in [0.5, 0.6) is 5.75 Å². The van der Waals surface area contributed by atoms with Crippen LogP contribution in [-0.2, 0) is 16.6 Å². The number of aromatic nitrogens is 2. The van der Waals surface area contributed by atoms with E-state index in [0.29, 0.717) is 18.9 Å². The first-order valence-electron chi connectivity index (χ1n) is 11.8. The van der Waals surface area contributed by atoms with E-state index in [1.54, 1.807) is 0 Å². The summed E-state index contributed by atoms with van der Waals surface area (Å²) in [5, 5.41) is 2.90. The molecule has 0 radical (unpaired) electrons. The number of rotatable bonds is 6. The van der Waals surface area contributed by atoms with E-state index in [-0.39, 0.29) is 23.5 Å². The van der Waals surface area contributed by atoms with Crippen LogP contribution in [0.3, 0.4) is 0 Å². The molecular formula is C25H36N6O2. The number of nitrogens with zero attached hydrogens (tertiary/aromatic N) is 3. The van der Waals surface area contributed by atoms with Gasteiger partial charge >= 0.3 is 0 Å². The van der Waals surface area contributed by atoms with Crippen LogP contribution >= 0.6 is 0 Å². The van der Waals surface area contributed by atoms with Gasteiger partial charge < -0.3 is 26.4 Å². The third-order valence-corrected chi connectivity index (χ3v) is 6.89. The van der Waals surface area contributed by atoms with Gasteiger partial charge in [-0.05, 0) is 55.2 Å². The lowest BCUT2D eigenvalue weighted by molar-refractivity contribution is -0.118. The highest BCUT2D eigenvalue weighted by Gasteiger charge is 2.37. The molecule has 0 spiro atoms. The molecule has 1 saturated carbocycles. The molecule has 2 aromatic rings. The normalized spacial score (nSPS) is 21.0. The van der Waals surface area contributed by atoms with Crippen molar-refractivity contribution in [3.05, 3.63) is 29.6 Å². The SMILES string of the molecule is CC(=O)NCCN(C)c1c(O[C@H]2CC[C@H](N)CC2)ccc2c1CC(C)(C)c1c(N)ncnc1-2. The Hall–Kier alpha value is -2.87. The summed E-state index contributed by atoms with van der Waals surface area (Å²) >= 11 is 0. The van der Waals surface area contributed by atoms with Gasteiger partial charge in [-0.2, -0.15) is 0 Å². The van der Waals surface area contributed by atoms with Crippen LogP contribution in [0, 0.1) is 0 Å². The number of benzene rings is 1. The first-order valence-corrected chi connectivity index (χ1v) is 11.8. The molecule has 1 amide bonds. The lowest BCUT2D eigenvalue weighted by Crippen LogP contribution is -2.35. The molecule has 1 fully saturated rings. The van der Waals surface area contributed by atoms with Gasteiger partial charge in [-0.15, -0.1) is 0 Å². The zero-order valence-electron chi connectivity index (χ0n) is 20.1. The van der Waals surface area contributed by atoms with Crippen molar-refractivity contribution >= 4 is 17.4 Å². The molecule has 0 aliphatic heterocycles. The molecule has 178 valence electrons. The molecule has 1 aromatic carbocycles. The second-order valence-electron chi connectivity index (χ2n) is 10.0. The number of nitrogens with two attached hydrogens (primary N) is 2. The largest absolute Gasteiger partial charge is 0.488 e. The summed E-state index contributed by atoms with van der Waals surface area (Å²) in [5.74, 6) is 1.38. The molecule has 8 nitrogen and oxygen atoms in total. The van der Waals surface area contributed by atoms with Crippen molar-refractivity contribution in [3.63, 3.8) is 0 Å². The lowest BCUT2D eigenvalue weighted by atomic mass is 9.71. The summed E-state index contributed by atoms with van der Waals surface area (Å²) in [6, 6.07) is 4.43. The maximum absolute atomic E-state index is 11.4. The first-order chi connectivity index (χ1) is 15.7. The minimum absolute atomic E-state index is 0.0317. The molecule has 5 N–H and O–H groups in total. The van der Waals surface area contributed by atoms with Crippen LogP contribution in [0.15, 0.2) is 18.5 Å². The van der Waals surface area contributed by atoms with Crippen LogP contribution in [0.25, 0.3) is 11.3 Å². The first kappa shape index (κ1) is 23.3. The Balaban J connectivity index is 1.77.